The lowest BCUT2D eigenvalue weighted by Gasteiger charge is -2.33. The van der Waals surface area contributed by atoms with E-state index in [-0.39, 0.29) is 11.5 Å². The average molecular weight is 257 g/mol. The molecule has 0 aromatic carbocycles. The fourth-order valence-electron chi connectivity index (χ4n) is 2.59. The standard InChI is InChI=1S/C12H19NO3S/c1-3-15-10(14)9-12(7-5-4-6-8-12)13-11(16-9)17-2/h9H,3-8H2,1-2H3. The van der Waals surface area contributed by atoms with Crippen LogP contribution in [0.15, 0.2) is 4.99 Å². The van der Waals surface area contributed by atoms with Gasteiger partial charge in [0.05, 0.1) is 6.61 Å². The molecule has 1 heterocycles. The normalized spacial score (nSPS) is 26.5. The van der Waals surface area contributed by atoms with Gasteiger partial charge in [-0.2, -0.15) is 0 Å². The smallest absolute Gasteiger partial charge is 0.350 e. The van der Waals surface area contributed by atoms with Crippen molar-refractivity contribution in [1.82, 2.24) is 0 Å². The molecule has 1 unspecified atom stereocenters. The first-order chi connectivity index (χ1) is 8.22. The molecule has 2 rings (SSSR count). The molecule has 0 aromatic heterocycles. The van der Waals surface area contributed by atoms with Crippen molar-refractivity contribution in [2.75, 3.05) is 12.9 Å². The predicted molar refractivity (Wildman–Crippen MR) is 68.3 cm³/mol. The summed E-state index contributed by atoms with van der Waals surface area (Å²) in [5.74, 6) is -0.262. The number of ether oxygens (including phenoxy) is 2. The molecule has 0 bridgehead atoms. The van der Waals surface area contributed by atoms with Gasteiger partial charge in [-0.05, 0) is 26.0 Å². The lowest BCUT2D eigenvalue weighted by molar-refractivity contribution is -0.154. The highest BCUT2D eigenvalue weighted by Crippen LogP contribution is 2.41. The van der Waals surface area contributed by atoms with Crippen LogP contribution in [0.25, 0.3) is 0 Å². The monoisotopic (exact) mass is 257 g/mol. The fourth-order valence-corrected chi connectivity index (χ4v) is 3.06. The summed E-state index contributed by atoms with van der Waals surface area (Å²) in [7, 11) is 0. The molecule has 2 aliphatic rings. The first kappa shape index (κ1) is 12.7. The Balaban J connectivity index is 2.17. The van der Waals surface area contributed by atoms with Crippen LogP contribution in [-0.4, -0.2) is 35.7 Å². The van der Waals surface area contributed by atoms with Gasteiger partial charge in [-0.1, -0.05) is 31.0 Å². The molecule has 0 amide bonds. The zero-order valence-corrected chi connectivity index (χ0v) is 11.2. The minimum absolute atomic E-state index is 0.262. The first-order valence-electron chi connectivity index (χ1n) is 6.19. The lowest BCUT2D eigenvalue weighted by atomic mass is 9.78. The first-order valence-corrected chi connectivity index (χ1v) is 7.41. The van der Waals surface area contributed by atoms with Gasteiger partial charge in [0.25, 0.3) is 0 Å². The van der Waals surface area contributed by atoms with Crippen molar-refractivity contribution in [1.29, 1.82) is 0 Å². The third kappa shape index (κ3) is 2.44. The molecule has 17 heavy (non-hydrogen) atoms. The van der Waals surface area contributed by atoms with E-state index in [1.165, 1.54) is 18.2 Å². The largest absolute Gasteiger partial charge is 0.463 e. The van der Waals surface area contributed by atoms with E-state index in [9.17, 15) is 4.79 Å². The predicted octanol–water partition coefficient (Wildman–Crippen LogP) is 2.37. The van der Waals surface area contributed by atoms with E-state index in [2.05, 4.69) is 4.99 Å². The second kappa shape index (κ2) is 5.29. The second-order valence-corrected chi connectivity index (χ2v) is 5.25. The summed E-state index contributed by atoms with van der Waals surface area (Å²) in [5.41, 5.74) is -0.344. The lowest BCUT2D eigenvalue weighted by Crippen LogP contribution is -2.45. The molecular formula is C12H19NO3S. The van der Waals surface area contributed by atoms with Crippen LogP contribution in [0.1, 0.15) is 39.0 Å². The van der Waals surface area contributed by atoms with E-state index >= 15 is 0 Å². The molecule has 1 aliphatic heterocycles. The van der Waals surface area contributed by atoms with Gasteiger partial charge in [0, 0.05) is 0 Å². The van der Waals surface area contributed by atoms with Crippen LogP contribution >= 0.6 is 11.8 Å². The molecular weight excluding hydrogens is 238 g/mol. The third-order valence-corrected chi connectivity index (χ3v) is 3.95. The number of rotatable bonds is 2. The number of esters is 1. The third-order valence-electron chi connectivity index (χ3n) is 3.42. The van der Waals surface area contributed by atoms with Crippen LogP contribution in [0.2, 0.25) is 0 Å². The van der Waals surface area contributed by atoms with Crippen LogP contribution in [0.4, 0.5) is 0 Å². The zero-order valence-electron chi connectivity index (χ0n) is 10.4. The van der Waals surface area contributed by atoms with E-state index in [1.807, 2.05) is 13.2 Å². The molecule has 1 atom stereocenters. The molecule has 4 nitrogen and oxygen atoms in total. The van der Waals surface area contributed by atoms with E-state index in [0.717, 1.165) is 25.7 Å². The van der Waals surface area contributed by atoms with Gasteiger partial charge in [-0.25, -0.2) is 9.79 Å². The van der Waals surface area contributed by atoms with Crippen molar-refractivity contribution in [2.45, 2.75) is 50.7 Å². The Morgan fingerprint density at radius 3 is 2.82 bits per heavy atom. The van der Waals surface area contributed by atoms with Gasteiger partial charge in [-0.3, -0.25) is 0 Å². The van der Waals surface area contributed by atoms with Crippen LogP contribution in [0.5, 0.6) is 0 Å². The molecule has 1 aliphatic carbocycles. The van der Waals surface area contributed by atoms with Gasteiger partial charge in [-0.15, -0.1) is 0 Å². The van der Waals surface area contributed by atoms with Crippen LogP contribution < -0.4 is 0 Å². The van der Waals surface area contributed by atoms with Crippen molar-refractivity contribution < 1.29 is 14.3 Å². The van der Waals surface area contributed by atoms with Gasteiger partial charge in [0.2, 0.25) is 11.3 Å². The summed E-state index contributed by atoms with van der Waals surface area (Å²) in [4.78, 5) is 16.6. The second-order valence-electron chi connectivity index (χ2n) is 4.50. The SMILES string of the molecule is CCOC(=O)C1OC(SC)=NC12CCCCC2. The van der Waals surface area contributed by atoms with Crippen LogP contribution in [-0.2, 0) is 14.3 Å². The van der Waals surface area contributed by atoms with Gasteiger partial charge >= 0.3 is 5.97 Å². The zero-order chi connectivity index (χ0) is 12.3. The molecule has 96 valence electrons. The van der Waals surface area contributed by atoms with Crippen molar-refractivity contribution in [3.8, 4) is 0 Å². The number of hydrogen-bond acceptors (Lipinski definition) is 5. The molecule has 0 saturated heterocycles. The molecule has 0 radical (unpaired) electrons. The Morgan fingerprint density at radius 2 is 2.24 bits per heavy atom. The summed E-state index contributed by atoms with van der Waals surface area (Å²) in [6, 6.07) is 0. The summed E-state index contributed by atoms with van der Waals surface area (Å²) >= 11 is 1.46. The maximum absolute atomic E-state index is 12.0. The Bertz CT molecular complexity index is 324. The summed E-state index contributed by atoms with van der Waals surface area (Å²) in [6.45, 7) is 2.21. The molecule has 0 aromatic rings. The molecule has 1 saturated carbocycles. The number of nitrogens with zero attached hydrogens (tertiary/aromatic N) is 1. The Morgan fingerprint density at radius 1 is 1.53 bits per heavy atom. The van der Waals surface area contributed by atoms with Gasteiger partial charge in [0.15, 0.2) is 0 Å². The van der Waals surface area contributed by atoms with Crippen molar-refractivity contribution in [3.05, 3.63) is 0 Å². The maximum atomic E-state index is 12.0. The number of aliphatic imine (C=N–C) groups is 1. The van der Waals surface area contributed by atoms with Gasteiger partial charge in [0.1, 0.15) is 5.54 Å². The average Bonchev–Trinajstić information content (AvgIpc) is 2.69. The quantitative estimate of drug-likeness (QED) is 0.713. The topological polar surface area (TPSA) is 47.9 Å². The van der Waals surface area contributed by atoms with Crippen LogP contribution in [0, 0.1) is 0 Å². The summed E-state index contributed by atoms with van der Waals surface area (Å²) in [5, 5.41) is 0.630. The summed E-state index contributed by atoms with van der Waals surface area (Å²) < 4.78 is 10.8. The van der Waals surface area contributed by atoms with E-state index < -0.39 is 6.10 Å². The highest BCUT2D eigenvalue weighted by Gasteiger charge is 2.51. The molecule has 0 N–H and O–H groups in total. The van der Waals surface area contributed by atoms with Crippen molar-refractivity contribution in [2.24, 2.45) is 4.99 Å². The van der Waals surface area contributed by atoms with E-state index in [0.29, 0.717) is 11.8 Å². The fraction of sp³-hybridized carbons (Fsp3) is 0.833. The number of carbonyl (C=O) groups excluding carboxylic acids is 1. The Kier molecular flexibility index (Phi) is 3.97. The van der Waals surface area contributed by atoms with Gasteiger partial charge < -0.3 is 9.47 Å². The van der Waals surface area contributed by atoms with E-state index in [1.54, 1.807) is 0 Å². The van der Waals surface area contributed by atoms with Crippen molar-refractivity contribution >= 4 is 23.0 Å². The highest BCUT2D eigenvalue weighted by molar-refractivity contribution is 8.12. The maximum Gasteiger partial charge on any atom is 0.350 e. The van der Waals surface area contributed by atoms with E-state index in [4.69, 9.17) is 9.47 Å². The minimum Gasteiger partial charge on any atom is -0.463 e. The molecule has 1 spiro atoms. The number of carbonyl (C=O) groups is 1. The molecule has 5 heteroatoms. The Labute approximate surface area is 106 Å². The molecule has 1 fully saturated rings. The summed E-state index contributed by atoms with van der Waals surface area (Å²) in [6.07, 6.45) is 6.71. The number of thioether (sulfide) groups is 1. The highest BCUT2D eigenvalue weighted by atomic mass is 32.2. The minimum atomic E-state index is -0.523. The number of hydrogen-bond donors (Lipinski definition) is 0. The Hall–Kier alpha value is -0.710. The van der Waals surface area contributed by atoms with Crippen LogP contribution in [0.3, 0.4) is 0 Å². The van der Waals surface area contributed by atoms with Crippen molar-refractivity contribution in [3.63, 3.8) is 0 Å².